The highest BCUT2D eigenvalue weighted by Crippen LogP contribution is 2.16. The predicted molar refractivity (Wildman–Crippen MR) is 75.2 cm³/mol. The molecule has 0 aliphatic rings. The summed E-state index contributed by atoms with van der Waals surface area (Å²) in [6, 6.07) is 0. The Balaban J connectivity index is 3.48. The summed E-state index contributed by atoms with van der Waals surface area (Å²) in [7, 11) is 0. The molecule has 3 heteroatoms. The standard InChI is InChI=1S/C13H29NOS/c1-5-14-13(4,11-15)8-6-7-9-16-10-12(2)3/h12,14-15H,5-11H2,1-4H3. The van der Waals surface area contributed by atoms with Gasteiger partial charge in [0.25, 0.3) is 0 Å². The second-order valence-corrected chi connectivity index (χ2v) is 6.32. The lowest BCUT2D eigenvalue weighted by molar-refractivity contribution is 0.165. The molecule has 0 bridgehead atoms. The monoisotopic (exact) mass is 247 g/mol. The van der Waals surface area contributed by atoms with E-state index < -0.39 is 0 Å². The van der Waals surface area contributed by atoms with Gasteiger partial charge >= 0.3 is 0 Å². The van der Waals surface area contributed by atoms with Gasteiger partial charge in [0, 0.05) is 5.54 Å². The molecule has 1 atom stereocenters. The summed E-state index contributed by atoms with van der Waals surface area (Å²) >= 11 is 2.05. The lowest BCUT2D eigenvalue weighted by Gasteiger charge is -2.28. The van der Waals surface area contributed by atoms with Crippen molar-refractivity contribution < 1.29 is 5.11 Å². The molecule has 0 rings (SSSR count). The van der Waals surface area contributed by atoms with E-state index in [0.717, 1.165) is 18.9 Å². The van der Waals surface area contributed by atoms with Gasteiger partial charge in [0.05, 0.1) is 6.61 Å². The van der Waals surface area contributed by atoms with Crippen molar-refractivity contribution in [2.24, 2.45) is 5.92 Å². The van der Waals surface area contributed by atoms with Gasteiger partial charge in [0.15, 0.2) is 0 Å². The first-order valence-electron chi connectivity index (χ1n) is 6.47. The fourth-order valence-electron chi connectivity index (χ4n) is 1.69. The molecule has 2 nitrogen and oxygen atoms in total. The molecule has 0 saturated carbocycles. The number of likely N-dealkylation sites (N-methyl/N-ethyl adjacent to an activating group) is 1. The van der Waals surface area contributed by atoms with Gasteiger partial charge in [-0.3, -0.25) is 0 Å². The summed E-state index contributed by atoms with van der Waals surface area (Å²) in [6.45, 7) is 9.89. The second kappa shape index (κ2) is 9.32. The summed E-state index contributed by atoms with van der Waals surface area (Å²) < 4.78 is 0. The molecule has 0 aromatic rings. The van der Waals surface area contributed by atoms with E-state index in [1.54, 1.807) is 0 Å². The van der Waals surface area contributed by atoms with Gasteiger partial charge in [-0.25, -0.2) is 0 Å². The quantitative estimate of drug-likeness (QED) is 0.582. The SMILES string of the molecule is CCNC(C)(CO)CCCCSCC(C)C. The Kier molecular flexibility index (Phi) is 9.47. The van der Waals surface area contributed by atoms with Crippen LogP contribution in [0.4, 0.5) is 0 Å². The highest BCUT2D eigenvalue weighted by Gasteiger charge is 2.20. The fraction of sp³-hybridized carbons (Fsp3) is 1.00. The molecular weight excluding hydrogens is 218 g/mol. The maximum Gasteiger partial charge on any atom is 0.0610 e. The average Bonchev–Trinajstić information content (AvgIpc) is 2.23. The van der Waals surface area contributed by atoms with Crippen molar-refractivity contribution in [2.75, 3.05) is 24.7 Å². The Hall–Kier alpha value is 0.270. The Labute approximate surface area is 106 Å². The van der Waals surface area contributed by atoms with Gasteiger partial charge in [0.1, 0.15) is 0 Å². The Morgan fingerprint density at radius 3 is 2.50 bits per heavy atom. The third-order valence-corrected chi connectivity index (χ3v) is 4.15. The molecule has 0 saturated heterocycles. The van der Waals surface area contributed by atoms with Crippen molar-refractivity contribution in [1.82, 2.24) is 5.32 Å². The van der Waals surface area contributed by atoms with E-state index in [9.17, 15) is 5.11 Å². The topological polar surface area (TPSA) is 32.3 Å². The van der Waals surface area contributed by atoms with Crippen LogP contribution in [0, 0.1) is 5.92 Å². The molecule has 0 spiro atoms. The molecule has 2 N–H and O–H groups in total. The largest absolute Gasteiger partial charge is 0.394 e. The predicted octanol–water partition coefficient (Wildman–Crippen LogP) is 2.91. The number of rotatable bonds is 10. The van der Waals surface area contributed by atoms with E-state index in [1.807, 2.05) is 11.8 Å². The van der Waals surface area contributed by atoms with Gasteiger partial charge in [-0.1, -0.05) is 27.2 Å². The number of hydrogen-bond donors (Lipinski definition) is 2. The van der Waals surface area contributed by atoms with Crippen LogP contribution >= 0.6 is 11.8 Å². The molecule has 0 fully saturated rings. The first-order chi connectivity index (χ1) is 7.54. The molecule has 0 aliphatic heterocycles. The van der Waals surface area contributed by atoms with Crippen LogP contribution in [-0.4, -0.2) is 35.3 Å². The van der Waals surface area contributed by atoms with E-state index in [2.05, 4.69) is 33.0 Å². The van der Waals surface area contributed by atoms with Crippen LogP contribution in [0.25, 0.3) is 0 Å². The molecule has 1 unspecified atom stereocenters. The zero-order chi connectivity index (χ0) is 12.4. The number of hydrogen-bond acceptors (Lipinski definition) is 3. The van der Waals surface area contributed by atoms with Crippen LogP contribution in [0.1, 0.15) is 47.0 Å². The normalized spacial score (nSPS) is 15.4. The minimum atomic E-state index is -0.0720. The lowest BCUT2D eigenvalue weighted by atomic mass is 9.96. The summed E-state index contributed by atoms with van der Waals surface area (Å²) in [4.78, 5) is 0. The maximum absolute atomic E-state index is 9.32. The van der Waals surface area contributed by atoms with E-state index in [1.165, 1.54) is 24.3 Å². The van der Waals surface area contributed by atoms with Crippen LogP contribution < -0.4 is 5.32 Å². The third kappa shape index (κ3) is 8.43. The van der Waals surface area contributed by atoms with Crippen molar-refractivity contribution >= 4 is 11.8 Å². The van der Waals surface area contributed by atoms with Gasteiger partial charge in [0.2, 0.25) is 0 Å². The fourth-order valence-corrected chi connectivity index (χ4v) is 2.73. The summed E-state index contributed by atoms with van der Waals surface area (Å²) in [5.41, 5.74) is -0.0720. The molecule has 0 radical (unpaired) electrons. The average molecular weight is 247 g/mol. The van der Waals surface area contributed by atoms with E-state index >= 15 is 0 Å². The Morgan fingerprint density at radius 1 is 1.31 bits per heavy atom. The summed E-state index contributed by atoms with van der Waals surface area (Å²) in [6.07, 6.45) is 3.53. The number of nitrogens with one attached hydrogen (secondary N) is 1. The van der Waals surface area contributed by atoms with Crippen LogP contribution in [-0.2, 0) is 0 Å². The van der Waals surface area contributed by atoms with Crippen molar-refractivity contribution in [1.29, 1.82) is 0 Å². The lowest BCUT2D eigenvalue weighted by Crippen LogP contribution is -2.45. The van der Waals surface area contributed by atoms with Crippen molar-refractivity contribution in [3.63, 3.8) is 0 Å². The van der Waals surface area contributed by atoms with Crippen LogP contribution in [0.2, 0.25) is 0 Å². The van der Waals surface area contributed by atoms with Crippen molar-refractivity contribution in [3.05, 3.63) is 0 Å². The summed E-state index contributed by atoms with van der Waals surface area (Å²) in [5.74, 6) is 3.32. The highest BCUT2D eigenvalue weighted by molar-refractivity contribution is 7.99. The van der Waals surface area contributed by atoms with Crippen LogP contribution in [0.3, 0.4) is 0 Å². The van der Waals surface area contributed by atoms with Crippen molar-refractivity contribution in [3.8, 4) is 0 Å². The first-order valence-corrected chi connectivity index (χ1v) is 7.63. The van der Waals surface area contributed by atoms with Gasteiger partial charge in [-0.2, -0.15) is 11.8 Å². The molecule has 98 valence electrons. The molecule has 0 amide bonds. The molecule has 0 aromatic carbocycles. The zero-order valence-electron chi connectivity index (χ0n) is 11.4. The maximum atomic E-state index is 9.32. The number of unbranched alkanes of at least 4 members (excludes halogenated alkanes) is 1. The number of aliphatic hydroxyl groups excluding tert-OH is 1. The van der Waals surface area contributed by atoms with Crippen LogP contribution in [0.5, 0.6) is 0 Å². The van der Waals surface area contributed by atoms with E-state index in [4.69, 9.17) is 0 Å². The highest BCUT2D eigenvalue weighted by atomic mass is 32.2. The smallest absolute Gasteiger partial charge is 0.0610 e. The number of aliphatic hydroxyl groups is 1. The van der Waals surface area contributed by atoms with Crippen LogP contribution in [0.15, 0.2) is 0 Å². The third-order valence-electron chi connectivity index (χ3n) is 2.67. The molecular formula is C13H29NOS. The van der Waals surface area contributed by atoms with Gasteiger partial charge in [-0.15, -0.1) is 0 Å². The van der Waals surface area contributed by atoms with Gasteiger partial charge in [-0.05, 0) is 43.7 Å². The Bertz CT molecular complexity index is 164. The minimum Gasteiger partial charge on any atom is -0.394 e. The zero-order valence-corrected chi connectivity index (χ0v) is 12.2. The Morgan fingerprint density at radius 2 is 2.00 bits per heavy atom. The molecule has 0 aromatic heterocycles. The second-order valence-electron chi connectivity index (χ2n) is 5.17. The molecule has 0 heterocycles. The van der Waals surface area contributed by atoms with E-state index in [0.29, 0.717) is 0 Å². The molecule has 16 heavy (non-hydrogen) atoms. The van der Waals surface area contributed by atoms with E-state index in [-0.39, 0.29) is 12.1 Å². The first kappa shape index (κ1) is 16.3. The van der Waals surface area contributed by atoms with Gasteiger partial charge < -0.3 is 10.4 Å². The minimum absolute atomic E-state index is 0.0720. The molecule has 0 aliphatic carbocycles. The summed E-state index contributed by atoms with van der Waals surface area (Å²) in [5, 5.41) is 12.7. The van der Waals surface area contributed by atoms with Crippen molar-refractivity contribution in [2.45, 2.75) is 52.5 Å². The number of thioether (sulfide) groups is 1.